The molecule has 0 bridgehead atoms. The van der Waals surface area contributed by atoms with Crippen molar-refractivity contribution in [1.82, 2.24) is 9.55 Å². The SMILES string of the molecule is N#Cc1ccc(-c2cc3c(nc(C=C4C(=O)c5cc6ccccc6cc5C4=O)n3-c3ccccc3)s2)cc1. The van der Waals surface area contributed by atoms with E-state index in [2.05, 4.69) is 12.1 Å². The van der Waals surface area contributed by atoms with Crippen molar-refractivity contribution in [2.24, 2.45) is 0 Å². The number of thiophene rings is 1. The van der Waals surface area contributed by atoms with Crippen LogP contribution in [0.25, 0.3) is 43.3 Å². The predicted octanol–water partition coefficient (Wildman–Crippen LogP) is 7.24. The van der Waals surface area contributed by atoms with Gasteiger partial charge in [-0.2, -0.15) is 5.26 Å². The lowest BCUT2D eigenvalue weighted by atomic mass is 10.0. The van der Waals surface area contributed by atoms with E-state index in [1.165, 1.54) is 11.3 Å². The number of rotatable bonds is 3. The number of ketones is 2. The van der Waals surface area contributed by atoms with Gasteiger partial charge in [-0.15, -0.1) is 11.3 Å². The number of nitriles is 1. The Balaban J connectivity index is 1.38. The fourth-order valence-corrected chi connectivity index (χ4v) is 5.98. The minimum absolute atomic E-state index is 0.123. The molecular weight excluding hydrogens is 490 g/mol. The number of imidazole rings is 1. The van der Waals surface area contributed by atoms with Crippen LogP contribution in [0.4, 0.5) is 0 Å². The van der Waals surface area contributed by atoms with E-state index in [1.807, 2.05) is 71.3 Å². The maximum Gasteiger partial charge on any atom is 0.197 e. The van der Waals surface area contributed by atoms with Crippen LogP contribution >= 0.6 is 11.3 Å². The van der Waals surface area contributed by atoms with Crippen LogP contribution in [0.1, 0.15) is 32.1 Å². The quantitative estimate of drug-likeness (QED) is 0.187. The van der Waals surface area contributed by atoms with Gasteiger partial charge in [0.15, 0.2) is 11.6 Å². The van der Waals surface area contributed by atoms with Crippen LogP contribution in [-0.4, -0.2) is 21.1 Å². The van der Waals surface area contributed by atoms with E-state index in [-0.39, 0.29) is 17.1 Å². The summed E-state index contributed by atoms with van der Waals surface area (Å²) in [5, 5.41) is 11.0. The molecule has 0 atom stereocenters. The molecule has 6 aromatic rings. The van der Waals surface area contributed by atoms with Gasteiger partial charge in [-0.25, -0.2) is 4.98 Å². The van der Waals surface area contributed by atoms with Gasteiger partial charge < -0.3 is 0 Å². The first-order valence-electron chi connectivity index (χ1n) is 12.0. The molecule has 7 rings (SSSR count). The Morgan fingerprint density at radius 2 is 1.42 bits per heavy atom. The summed E-state index contributed by atoms with van der Waals surface area (Å²) in [6.07, 6.45) is 1.62. The number of fused-ring (bicyclic) bond motifs is 3. The molecule has 0 N–H and O–H groups in total. The zero-order valence-electron chi connectivity index (χ0n) is 19.9. The molecule has 0 unspecified atom stereocenters. The summed E-state index contributed by atoms with van der Waals surface area (Å²) >= 11 is 1.53. The van der Waals surface area contributed by atoms with Crippen LogP contribution in [0, 0.1) is 11.3 Å². The second-order valence-corrected chi connectivity index (χ2v) is 10.1. The Kier molecular flexibility index (Phi) is 4.93. The number of carbonyl (C=O) groups is 2. The lowest BCUT2D eigenvalue weighted by molar-refractivity contribution is 0.0990. The van der Waals surface area contributed by atoms with Gasteiger partial charge in [-0.05, 0) is 64.9 Å². The normalized spacial score (nSPS) is 12.8. The summed E-state index contributed by atoms with van der Waals surface area (Å²) in [7, 11) is 0. The molecule has 178 valence electrons. The summed E-state index contributed by atoms with van der Waals surface area (Å²) in [5.74, 6) is -0.0297. The Bertz CT molecular complexity index is 1950. The highest BCUT2D eigenvalue weighted by Gasteiger charge is 2.34. The third-order valence-electron chi connectivity index (χ3n) is 6.83. The lowest BCUT2D eigenvalue weighted by Crippen LogP contribution is -2.03. The van der Waals surface area contributed by atoms with Crippen LogP contribution in [0.3, 0.4) is 0 Å². The number of benzene rings is 4. The van der Waals surface area contributed by atoms with Gasteiger partial charge in [0.05, 0.1) is 22.7 Å². The van der Waals surface area contributed by atoms with Crippen molar-refractivity contribution in [2.75, 3.05) is 0 Å². The number of nitrogens with zero attached hydrogens (tertiary/aromatic N) is 3. The fraction of sp³-hybridized carbons (Fsp3) is 0. The van der Waals surface area contributed by atoms with E-state index in [4.69, 9.17) is 10.2 Å². The molecule has 0 amide bonds. The molecule has 5 nitrogen and oxygen atoms in total. The number of allylic oxidation sites excluding steroid dienone is 1. The summed E-state index contributed by atoms with van der Waals surface area (Å²) in [6, 6.07) is 32.8. The molecule has 38 heavy (non-hydrogen) atoms. The van der Waals surface area contributed by atoms with Crippen LogP contribution in [0.5, 0.6) is 0 Å². The van der Waals surface area contributed by atoms with Gasteiger partial charge in [0.2, 0.25) is 0 Å². The van der Waals surface area contributed by atoms with Gasteiger partial charge in [-0.1, -0.05) is 54.6 Å². The minimum Gasteiger partial charge on any atom is -0.292 e. The molecule has 0 spiro atoms. The summed E-state index contributed by atoms with van der Waals surface area (Å²) in [5.41, 5.74) is 4.36. The fourth-order valence-electron chi connectivity index (χ4n) is 4.96. The highest BCUT2D eigenvalue weighted by atomic mass is 32.1. The minimum atomic E-state index is -0.278. The second kappa shape index (κ2) is 8.48. The Morgan fingerprint density at radius 3 is 2.05 bits per heavy atom. The Morgan fingerprint density at radius 1 is 0.789 bits per heavy atom. The van der Waals surface area contributed by atoms with E-state index >= 15 is 0 Å². The second-order valence-electron chi connectivity index (χ2n) is 9.09. The number of aromatic nitrogens is 2. The number of para-hydroxylation sites is 1. The van der Waals surface area contributed by atoms with Crippen LogP contribution in [0.15, 0.2) is 103 Å². The molecule has 0 saturated carbocycles. The summed E-state index contributed by atoms with van der Waals surface area (Å²) in [6.45, 7) is 0. The predicted molar refractivity (Wildman–Crippen MR) is 150 cm³/mol. The average molecular weight is 508 g/mol. The highest BCUT2D eigenvalue weighted by Crippen LogP contribution is 2.37. The number of hydrogen-bond donors (Lipinski definition) is 0. The summed E-state index contributed by atoms with van der Waals surface area (Å²) < 4.78 is 1.98. The molecule has 0 radical (unpaired) electrons. The molecule has 1 aliphatic carbocycles. The number of hydrogen-bond acceptors (Lipinski definition) is 5. The van der Waals surface area contributed by atoms with Crippen molar-refractivity contribution in [1.29, 1.82) is 5.26 Å². The lowest BCUT2D eigenvalue weighted by Gasteiger charge is -2.07. The van der Waals surface area contributed by atoms with Crippen LogP contribution in [0.2, 0.25) is 0 Å². The van der Waals surface area contributed by atoms with Crippen molar-refractivity contribution in [3.05, 3.63) is 125 Å². The van der Waals surface area contributed by atoms with Crippen molar-refractivity contribution >= 4 is 50.1 Å². The topological polar surface area (TPSA) is 75.8 Å². The molecule has 4 aromatic carbocycles. The highest BCUT2D eigenvalue weighted by molar-refractivity contribution is 7.21. The molecule has 0 aliphatic heterocycles. The zero-order valence-corrected chi connectivity index (χ0v) is 20.7. The standard InChI is InChI=1S/C32H17N3O2S/c33-18-19-10-12-20(13-11-19)28-17-27-32(38-28)34-29(35(27)23-8-2-1-3-9-23)16-26-30(36)24-14-21-6-4-5-7-22(21)15-25(24)31(26)37/h1-17H. The van der Waals surface area contributed by atoms with Gasteiger partial charge >= 0.3 is 0 Å². The van der Waals surface area contributed by atoms with E-state index < -0.39 is 0 Å². The molecule has 0 fully saturated rings. The number of Topliss-reactive ketones (excluding diaryl/α,β-unsaturated/α-hetero) is 2. The zero-order chi connectivity index (χ0) is 25.8. The van der Waals surface area contributed by atoms with Gasteiger partial charge in [0.25, 0.3) is 0 Å². The smallest absolute Gasteiger partial charge is 0.197 e. The van der Waals surface area contributed by atoms with Gasteiger partial charge in [0.1, 0.15) is 10.7 Å². The Hall–Kier alpha value is -5.12. The summed E-state index contributed by atoms with van der Waals surface area (Å²) in [4.78, 5) is 33.5. The third-order valence-corrected chi connectivity index (χ3v) is 7.90. The first-order valence-corrected chi connectivity index (χ1v) is 12.8. The van der Waals surface area contributed by atoms with E-state index in [9.17, 15) is 9.59 Å². The number of carbonyl (C=O) groups excluding carboxylic acids is 2. The van der Waals surface area contributed by atoms with Crippen molar-refractivity contribution in [2.45, 2.75) is 0 Å². The van der Waals surface area contributed by atoms with Crippen LogP contribution in [-0.2, 0) is 0 Å². The average Bonchev–Trinajstić information content (AvgIpc) is 3.59. The van der Waals surface area contributed by atoms with Crippen LogP contribution < -0.4 is 0 Å². The molecule has 2 aromatic heterocycles. The molecule has 2 heterocycles. The van der Waals surface area contributed by atoms with Crippen molar-refractivity contribution < 1.29 is 9.59 Å². The monoisotopic (exact) mass is 507 g/mol. The third kappa shape index (κ3) is 3.41. The largest absolute Gasteiger partial charge is 0.292 e. The first-order chi connectivity index (χ1) is 18.6. The Labute approximate surface area is 221 Å². The molecule has 1 aliphatic rings. The van der Waals surface area contributed by atoms with Crippen molar-refractivity contribution in [3.8, 4) is 22.2 Å². The molecule has 6 heteroatoms. The van der Waals surface area contributed by atoms with E-state index in [0.29, 0.717) is 22.5 Å². The van der Waals surface area contributed by atoms with E-state index in [0.717, 1.165) is 37.2 Å². The maximum absolute atomic E-state index is 13.4. The first kappa shape index (κ1) is 22.1. The van der Waals surface area contributed by atoms with Crippen molar-refractivity contribution in [3.63, 3.8) is 0 Å². The van der Waals surface area contributed by atoms with Gasteiger partial charge in [0, 0.05) is 21.7 Å². The molecule has 0 saturated heterocycles. The maximum atomic E-state index is 13.4. The van der Waals surface area contributed by atoms with Gasteiger partial charge in [-0.3, -0.25) is 14.2 Å². The van der Waals surface area contributed by atoms with E-state index in [1.54, 1.807) is 30.3 Å². The molecular formula is C32H17N3O2S.